The van der Waals surface area contributed by atoms with Gasteiger partial charge in [-0.25, -0.2) is 4.39 Å². The smallest absolute Gasteiger partial charge is 0.137 e. The van der Waals surface area contributed by atoms with Crippen molar-refractivity contribution in [3.63, 3.8) is 0 Å². The molecule has 1 aromatic carbocycles. The standard InChI is InChI=1S/C14H16BrFOS/c15-12-2-1-11(14(16)9-12)8-13(17)7-10-3-5-18-6-4-10/h1-2,9-10H,3-8H2. The van der Waals surface area contributed by atoms with Gasteiger partial charge in [0.15, 0.2) is 0 Å². The molecule has 1 saturated heterocycles. The third-order valence-corrected chi connectivity index (χ3v) is 4.80. The van der Waals surface area contributed by atoms with Crippen LogP contribution in [0, 0.1) is 11.7 Å². The van der Waals surface area contributed by atoms with Crippen molar-refractivity contribution in [1.82, 2.24) is 0 Å². The van der Waals surface area contributed by atoms with E-state index < -0.39 is 0 Å². The average molecular weight is 331 g/mol. The number of hydrogen-bond donors (Lipinski definition) is 0. The maximum Gasteiger partial charge on any atom is 0.137 e. The summed E-state index contributed by atoms with van der Waals surface area (Å²) in [4.78, 5) is 11.9. The number of carbonyl (C=O) groups excluding carboxylic acids is 1. The van der Waals surface area contributed by atoms with Crippen LogP contribution >= 0.6 is 27.7 Å². The first-order valence-corrected chi connectivity index (χ1v) is 8.13. The lowest BCUT2D eigenvalue weighted by atomic mass is 9.94. The Balaban J connectivity index is 1.90. The first-order valence-electron chi connectivity index (χ1n) is 6.18. The SMILES string of the molecule is O=C(Cc1ccc(Br)cc1F)CC1CCSCC1. The number of thioether (sulfide) groups is 1. The van der Waals surface area contributed by atoms with Gasteiger partial charge in [0.2, 0.25) is 0 Å². The van der Waals surface area contributed by atoms with E-state index >= 15 is 0 Å². The Labute approximate surface area is 120 Å². The Morgan fingerprint density at radius 1 is 1.39 bits per heavy atom. The summed E-state index contributed by atoms with van der Waals surface area (Å²) in [5, 5.41) is 0. The van der Waals surface area contributed by atoms with E-state index in [2.05, 4.69) is 15.9 Å². The number of carbonyl (C=O) groups is 1. The fourth-order valence-electron chi connectivity index (χ4n) is 2.22. The van der Waals surface area contributed by atoms with Crippen LogP contribution in [0.2, 0.25) is 0 Å². The molecule has 1 nitrogen and oxygen atoms in total. The van der Waals surface area contributed by atoms with Gasteiger partial charge >= 0.3 is 0 Å². The minimum atomic E-state index is -0.295. The van der Waals surface area contributed by atoms with Gasteiger partial charge in [-0.3, -0.25) is 4.79 Å². The fourth-order valence-corrected chi connectivity index (χ4v) is 3.76. The lowest BCUT2D eigenvalue weighted by molar-refractivity contribution is -0.119. The molecule has 0 saturated carbocycles. The monoisotopic (exact) mass is 330 g/mol. The number of hydrogen-bond acceptors (Lipinski definition) is 2. The molecule has 1 fully saturated rings. The normalized spacial score (nSPS) is 16.8. The molecule has 0 radical (unpaired) electrons. The second-order valence-electron chi connectivity index (χ2n) is 4.71. The Morgan fingerprint density at radius 3 is 2.78 bits per heavy atom. The maximum absolute atomic E-state index is 13.6. The molecule has 1 aliphatic rings. The van der Waals surface area contributed by atoms with Gasteiger partial charge in [0, 0.05) is 17.3 Å². The molecule has 4 heteroatoms. The molecule has 0 N–H and O–H groups in total. The van der Waals surface area contributed by atoms with Crippen LogP contribution in [0.4, 0.5) is 4.39 Å². The number of rotatable bonds is 4. The Kier molecular flexibility index (Phi) is 5.25. The zero-order valence-corrected chi connectivity index (χ0v) is 12.5. The van der Waals surface area contributed by atoms with Crippen molar-refractivity contribution in [2.24, 2.45) is 5.92 Å². The lowest BCUT2D eigenvalue weighted by Crippen LogP contribution is -2.16. The maximum atomic E-state index is 13.6. The number of benzene rings is 1. The molecule has 1 aliphatic heterocycles. The minimum absolute atomic E-state index is 0.160. The van der Waals surface area contributed by atoms with Crippen LogP contribution in [-0.2, 0) is 11.2 Å². The van der Waals surface area contributed by atoms with Crippen LogP contribution < -0.4 is 0 Å². The summed E-state index contributed by atoms with van der Waals surface area (Å²) in [6.07, 6.45) is 3.08. The summed E-state index contributed by atoms with van der Waals surface area (Å²) in [5.41, 5.74) is 0.508. The highest BCUT2D eigenvalue weighted by Gasteiger charge is 2.18. The zero-order valence-electron chi connectivity index (χ0n) is 10.1. The van der Waals surface area contributed by atoms with Crippen LogP contribution in [0.15, 0.2) is 22.7 Å². The quantitative estimate of drug-likeness (QED) is 0.821. The summed E-state index contributed by atoms with van der Waals surface area (Å²) < 4.78 is 14.3. The molecule has 0 bridgehead atoms. The van der Waals surface area contributed by atoms with Gasteiger partial charge in [0.1, 0.15) is 11.6 Å². The van der Waals surface area contributed by atoms with Crippen molar-refractivity contribution in [3.05, 3.63) is 34.1 Å². The van der Waals surface area contributed by atoms with Crippen molar-refractivity contribution in [3.8, 4) is 0 Å². The minimum Gasteiger partial charge on any atom is -0.299 e. The highest BCUT2D eigenvalue weighted by atomic mass is 79.9. The van der Waals surface area contributed by atoms with Crippen LogP contribution in [0.25, 0.3) is 0 Å². The molecule has 98 valence electrons. The zero-order chi connectivity index (χ0) is 13.0. The van der Waals surface area contributed by atoms with E-state index in [0.29, 0.717) is 22.4 Å². The highest BCUT2D eigenvalue weighted by molar-refractivity contribution is 9.10. The lowest BCUT2D eigenvalue weighted by Gasteiger charge is -2.20. The molecular formula is C14H16BrFOS. The van der Waals surface area contributed by atoms with Gasteiger partial charge in [0.05, 0.1) is 0 Å². The molecular weight excluding hydrogens is 315 g/mol. The molecule has 0 atom stereocenters. The highest BCUT2D eigenvalue weighted by Crippen LogP contribution is 2.26. The molecule has 0 spiro atoms. The van der Waals surface area contributed by atoms with Gasteiger partial charge in [-0.1, -0.05) is 22.0 Å². The van der Waals surface area contributed by atoms with Gasteiger partial charge in [-0.15, -0.1) is 0 Å². The van der Waals surface area contributed by atoms with Gasteiger partial charge < -0.3 is 0 Å². The van der Waals surface area contributed by atoms with E-state index in [9.17, 15) is 9.18 Å². The molecule has 18 heavy (non-hydrogen) atoms. The molecule has 0 aromatic heterocycles. The molecule has 0 unspecified atom stereocenters. The Morgan fingerprint density at radius 2 is 2.11 bits per heavy atom. The van der Waals surface area contributed by atoms with E-state index in [1.165, 1.54) is 6.07 Å². The van der Waals surface area contributed by atoms with Crippen LogP contribution in [0.1, 0.15) is 24.8 Å². The van der Waals surface area contributed by atoms with E-state index in [0.717, 1.165) is 24.3 Å². The van der Waals surface area contributed by atoms with Crippen molar-refractivity contribution in [2.45, 2.75) is 25.7 Å². The third kappa shape index (κ3) is 4.09. The van der Waals surface area contributed by atoms with Crippen LogP contribution in [0.5, 0.6) is 0 Å². The third-order valence-electron chi connectivity index (χ3n) is 3.26. The predicted octanol–water partition coefficient (Wildman–Crippen LogP) is 4.23. The van der Waals surface area contributed by atoms with Gasteiger partial charge in [0.25, 0.3) is 0 Å². The van der Waals surface area contributed by atoms with Crippen LogP contribution in [0.3, 0.4) is 0 Å². The molecule has 2 rings (SSSR count). The Hall–Kier alpha value is -0.350. The summed E-state index contributed by atoms with van der Waals surface area (Å²) in [6, 6.07) is 4.89. The predicted molar refractivity (Wildman–Crippen MR) is 77.5 cm³/mol. The topological polar surface area (TPSA) is 17.1 Å². The summed E-state index contributed by atoms with van der Waals surface area (Å²) in [7, 11) is 0. The largest absolute Gasteiger partial charge is 0.299 e. The number of Topliss-reactive ketones (excluding diaryl/α,β-unsaturated/α-hetero) is 1. The number of ketones is 1. The molecule has 1 aromatic rings. The van der Waals surface area contributed by atoms with E-state index in [4.69, 9.17) is 0 Å². The molecule has 0 aliphatic carbocycles. The van der Waals surface area contributed by atoms with Crippen molar-refractivity contribution < 1.29 is 9.18 Å². The van der Waals surface area contributed by atoms with Crippen molar-refractivity contribution >= 4 is 33.5 Å². The Bertz CT molecular complexity index is 430. The average Bonchev–Trinajstić information content (AvgIpc) is 2.34. The summed E-state index contributed by atoms with van der Waals surface area (Å²) >= 11 is 5.17. The first kappa shape index (κ1) is 14.1. The second-order valence-corrected chi connectivity index (χ2v) is 6.85. The van der Waals surface area contributed by atoms with E-state index in [-0.39, 0.29) is 18.0 Å². The first-order chi connectivity index (χ1) is 8.65. The van der Waals surface area contributed by atoms with Gasteiger partial charge in [-0.2, -0.15) is 11.8 Å². The van der Waals surface area contributed by atoms with Crippen molar-refractivity contribution in [2.75, 3.05) is 11.5 Å². The van der Waals surface area contributed by atoms with Crippen LogP contribution in [-0.4, -0.2) is 17.3 Å². The van der Waals surface area contributed by atoms with Gasteiger partial charge in [-0.05, 0) is 48.0 Å². The van der Waals surface area contributed by atoms with E-state index in [1.54, 1.807) is 12.1 Å². The molecule has 1 heterocycles. The molecule has 0 amide bonds. The van der Waals surface area contributed by atoms with Crippen molar-refractivity contribution in [1.29, 1.82) is 0 Å². The second kappa shape index (κ2) is 6.71. The summed E-state index contributed by atoms with van der Waals surface area (Å²) in [5.74, 6) is 2.69. The fraction of sp³-hybridized carbons (Fsp3) is 0.500. The summed E-state index contributed by atoms with van der Waals surface area (Å²) in [6.45, 7) is 0. The number of halogens is 2. The van der Waals surface area contributed by atoms with E-state index in [1.807, 2.05) is 11.8 Å².